The lowest BCUT2D eigenvalue weighted by molar-refractivity contribution is 0.101. The van der Waals surface area contributed by atoms with Crippen molar-refractivity contribution in [1.82, 2.24) is 14.5 Å². The Morgan fingerprint density at radius 1 is 0.430 bits per heavy atom. The molecule has 7 heterocycles. The van der Waals surface area contributed by atoms with Gasteiger partial charge in [0, 0.05) is 85.4 Å². The first-order chi connectivity index (χ1) is 37.5. The van der Waals surface area contributed by atoms with Gasteiger partial charge < -0.3 is 4.57 Å². The quantitative estimate of drug-likeness (QED) is 0.148. The Kier molecular flexibility index (Phi) is 20.0. The van der Waals surface area contributed by atoms with E-state index in [1.54, 1.807) is 6.92 Å². The highest BCUT2D eigenvalue weighted by atomic mass is 16.1. The highest BCUT2D eigenvalue weighted by Crippen LogP contribution is 2.33. The Hall–Kier alpha value is -7.26. The third-order valence-electron chi connectivity index (χ3n) is 14.9. The van der Waals surface area contributed by atoms with Gasteiger partial charge in [0.05, 0.1) is 45.2 Å². The molecule has 0 unspecified atom stereocenters. The van der Waals surface area contributed by atoms with Gasteiger partial charge in [0.2, 0.25) is 0 Å². The van der Waals surface area contributed by atoms with E-state index in [9.17, 15) is 4.79 Å². The number of para-hydroxylation sites is 2. The minimum atomic E-state index is 0.121. The molecule has 5 aliphatic rings. The first kappa shape index (κ1) is 59.4. The van der Waals surface area contributed by atoms with Crippen LogP contribution in [0.15, 0.2) is 140 Å². The fourth-order valence-electron chi connectivity index (χ4n) is 9.85. The average molecular weight is 1060 g/mol. The van der Waals surface area contributed by atoms with Gasteiger partial charge in [-0.1, -0.05) is 143 Å². The van der Waals surface area contributed by atoms with E-state index < -0.39 is 0 Å². The molecule has 5 aliphatic heterocycles. The molecular weight excluding hydrogens is 969 g/mol. The van der Waals surface area contributed by atoms with Crippen molar-refractivity contribution in [2.45, 2.75) is 149 Å². The van der Waals surface area contributed by atoms with Gasteiger partial charge in [0.15, 0.2) is 5.78 Å². The van der Waals surface area contributed by atoms with E-state index in [0.29, 0.717) is 35.5 Å². The molecule has 0 saturated carbocycles. The molecule has 0 saturated heterocycles. The minimum absolute atomic E-state index is 0.121. The van der Waals surface area contributed by atoms with Crippen molar-refractivity contribution in [3.63, 3.8) is 0 Å². The zero-order chi connectivity index (χ0) is 57.2. The van der Waals surface area contributed by atoms with E-state index in [0.717, 1.165) is 66.1 Å². The number of aliphatic imine (C=N–C) groups is 5. The standard InChI is InChI=1S/C13H15NO.3C12H15N.C11H14N2.C10H12N2/c1-8(2)13-7-11-6-10(9(3)15)4-5-12(11)14-13;2*1-8(2)12-7-10-6-9(3)4-5-11(10)13-12;1-8(2)11-7-10-5-4-9(3)6-12(10)13-11;1-8(2)11-12-9-6-4-5-7-10(9)13(11)3;1-7(2)9-6-10-8(12-9)4-3-5-11-10/h4-6,8H,7H2,1-3H3;3*4-6,8H,7H2,1-3H3;4-8H,1-3H3;3-5,7H,6H2,1-2H3. The number of fused-ring (bicyclic) bond motifs is 6. The van der Waals surface area contributed by atoms with E-state index in [1.165, 1.54) is 90.1 Å². The van der Waals surface area contributed by atoms with E-state index in [1.807, 2.05) is 48.7 Å². The van der Waals surface area contributed by atoms with Crippen molar-refractivity contribution in [3.8, 4) is 0 Å². The summed E-state index contributed by atoms with van der Waals surface area (Å²) in [4.78, 5) is 43.0. The number of hydrogen-bond donors (Lipinski definition) is 0. The molecule has 79 heavy (non-hydrogen) atoms. The van der Waals surface area contributed by atoms with Crippen LogP contribution in [-0.2, 0) is 39.2 Å². The largest absolute Gasteiger partial charge is 0.331 e. The van der Waals surface area contributed by atoms with Crippen LogP contribution in [0.2, 0.25) is 0 Å². The van der Waals surface area contributed by atoms with Crippen LogP contribution in [0, 0.1) is 50.4 Å². The van der Waals surface area contributed by atoms with Gasteiger partial charge in [-0.2, -0.15) is 0 Å². The number of carbonyl (C=O) groups excluding carboxylic acids is 1. The number of Topliss-reactive ketones (excluding diaryl/α,β-unsaturated/α-hetero) is 1. The number of imidazole rings is 1. The lowest BCUT2D eigenvalue weighted by atomic mass is 10.0. The van der Waals surface area contributed by atoms with Crippen molar-refractivity contribution in [1.29, 1.82) is 0 Å². The molecule has 5 aromatic carbocycles. The third kappa shape index (κ3) is 15.5. The first-order valence-corrected chi connectivity index (χ1v) is 28.7. The molecule has 7 aromatic rings. The van der Waals surface area contributed by atoms with E-state index in [-0.39, 0.29) is 5.78 Å². The number of ketones is 1. The van der Waals surface area contributed by atoms with Crippen molar-refractivity contribution in [2.75, 3.05) is 0 Å². The number of aryl methyl sites for hydroxylation is 4. The molecule has 412 valence electrons. The van der Waals surface area contributed by atoms with E-state index in [4.69, 9.17) is 0 Å². The molecule has 12 rings (SSSR count). The molecular formula is C70H86N8O. The Balaban J connectivity index is 0.000000137. The molecule has 0 amide bonds. The smallest absolute Gasteiger partial charge is 0.159 e. The van der Waals surface area contributed by atoms with Crippen LogP contribution in [0.5, 0.6) is 0 Å². The fraction of sp³-hybridized carbons (Fsp3) is 0.400. The van der Waals surface area contributed by atoms with Crippen molar-refractivity contribution >= 4 is 73.8 Å². The molecule has 0 atom stereocenters. The highest BCUT2D eigenvalue weighted by molar-refractivity contribution is 5.99. The maximum atomic E-state index is 11.2. The minimum Gasteiger partial charge on any atom is -0.331 e. The summed E-state index contributed by atoms with van der Waals surface area (Å²) in [6.07, 6.45) is 6.82. The molecule has 0 aliphatic carbocycles. The predicted molar refractivity (Wildman–Crippen MR) is 337 cm³/mol. The van der Waals surface area contributed by atoms with Crippen LogP contribution in [0.4, 0.5) is 28.4 Å². The summed E-state index contributed by atoms with van der Waals surface area (Å²) in [5.74, 6) is 4.51. The Bertz CT molecular complexity index is 3390. The number of hydrogen-bond acceptors (Lipinski definition) is 8. The Labute approximate surface area is 472 Å². The first-order valence-electron chi connectivity index (χ1n) is 28.7. The second-order valence-corrected chi connectivity index (χ2v) is 23.6. The summed E-state index contributed by atoms with van der Waals surface area (Å²) < 4.78 is 2.17. The van der Waals surface area contributed by atoms with Crippen LogP contribution in [-0.4, -0.2) is 48.9 Å². The van der Waals surface area contributed by atoms with Gasteiger partial charge in [-0.3, -0.25) is 34.7 Å². The molecule has 2 aromatic heterocycles. The predicted octanol–water partition coefficient (Wildman–Crippen LogP) is 18.1. The second-order valence-electron chi connectivity index (χ2n) is 23.6. The molecule has 0 fully saturated rings. The Morgan fingerprint density at radius 3 is 1.34 bits per heavy atom. The van der Waals surface area contributed by atoms with Gasteiger partial charge in [-0.05, 0) is 146 Å². The number of carbonyl (C=O) groups is 1. The van der Waals surface area contributed by atoms with Crippen LogP contribution in [0.25, 0.3) is 11.0 Å². The normalized spacial score (nSPS) is 14.0. The average Bonchev–Trinajstić information content (AvgIpc) is 4.31. The van der Waals surface area contributed by atoms with Gasteiger partial charge >= 0.3 is 0 Å². The van der Waals surface area contributed by atoms with Gasteiger partial charge in [-0.15, -0.1) is 0 Å². The van der Waals surface area contributed by atoms with E-state index >= 15 is 0 Å². The van der Waals surface area contributed by atoms with Crippen molar-refractivity contribution in [2.24, 2.45) is 61.6 Å². The Morgan fingerprint density at radius 2 is 0.861 bits per heavy atom. The summed E-state index contributed by atoms with van der Waals surface area (Å²) in [5, 5.41) is 0. The van der Waals surface area contributed by atoms with Crippen LogP contribution >= 0.6 is 0 Å². The second kappa shape index (κ2) is 26.6. The number of benzene rings is 5. The molecule has 0 bridgehead atoms. The number of rotatable bonds is 7. The van der Waals surface area contributed by atoms with Crippen molar-refractivity contribution < 1.29 is 4.79 Å². The maximum Gasteiger partial charge on any atom is 0.159 e. The molecule has 9 nitrogen and oxygen atoms in total. The third-order valence-corrected chi connectivity index (χ3v) is 14.9. The van der Waals surface area contributed by atoms with Gasteiger partial charge in [-0.25, -0.2) is 4.98 Å². The molecule has 0 radical (unpaired) electrons. The number of pyridine rings is 1. The summed E-state index contributed by atoms with van der Waals surface area (Å²) in [5.41, 5.74) is 25.6. The fourth-order valence-corrected chi connectivity index (χ4v) is 9.85. The SMILES string of the molecule is CC(=O)c1ccc2c(c1)CC(C(C)C)=N2.CC(C)C1=Nc2cccnc2C1.CC(C)c1nc2ccccc2n1C.Cc1ccc2c(c1)CC(C(C)C)=N2.Cc1ccc2c(c1)CC(C(C)C)=N2.Cc1ccc2c(c1)N=C(C(C)C)C2. The number of nitrogens with zero attached hydrogens (tertiary/aromatic N) is 8. The topological polar surface area (TPSA) is 110 Å². The summed E-state index contributed by atoms with van der Waals surface area (Å²) >= 11 is 0. The van der Waals surface area contributed by atoms with Gasteiger partial charge in [0.1, 0.15) is 5.82 Å². The summed E-state index contributed by atoms with van der Waals surface area (Å²) in [7, 11) is 2.07. The summed E-state index contributed by atoms with van der Waals surface area (Å²) in [6, 6.07) is 37.5. The zero-order valence-electron chi connectivity index (χ0n) is 50.5. The lowest BCUT2D eigenvalue weighted by Gasteiger charge is -2.04. The number of aromatic nitrogens is 3. The zero-order valence-corrected chi connectivity index (χ0v) is 50.5. The lowest BCUT2D eigenvalue weighted by Crippen LogP contribution is -2.06. The van der Waals surface area contributed by atoms with Crippen LogP contribution in [0.1, 0.15) is 157 Å². The van der Waals surface area contributed by atoms with Crippen LogP contribution < -0.4 is 0 Å². The van der Waals surface area contributed by atoms with E-state index in [2.05, 4.69) is 217 Å². The molecule has 0 spiro atoms. The molecule has 9 heteroatoms. The van der Waals surface area contributed by atoms with Crippen molar-refractivity contribution in [3.05, 3.63) is 171 Å². The maximum absolute atomic E-state index is 11.2. The van der Waals surface area contributed by atoms with Gasteiger partial charge in [0.25, 0.3) is 0 Å². The van der Waals surface area contributed by atoms with Crippen LogP contribution in [0.3, 0.4) is 0 Å². The highest BCUT2D eigenvalue weighted by Gasteiger charge is 2.21. The summed E-state index contributed by atoms with van der Waals surface area (Å²) in [6.45, 7) is 34.2. The monoisotopic (exact) mass is 1050 g/mol. The molecule has 0 N–H and O–H groups in total.